The zero-order valence-electron chi connectivity index (χ0n) is 15.1. The van der Waals surface area contributed by atoms with Gasteiger partial charge in [-0.15, -0.1) is 0 Å². The predicted molar refractivity (Wildman–Crippen MR) is 108 cm³/mol. The summed E-state index contributed by atoms with van der Waals surface area (Å²) in [4.78, 5) is 24.8. The van der Waals surface area contributed by atoms with Crippen molar-refractivity contribution in [3.05, 3.63) is 99.8 Å². The van der Waals surface area contributed by atoms with Crippen molar-refractivity contribution in [3.63, 3.8) is 0 Å². The maximum absolute atomic E-state index is 13.2. The predicted octanol–water partition coefficient (Wildman–Crippen LogP) is 4.97. The number of hydrogen-bond acceptors (Lipinski definition) is 2. The number of amides is 2. The van der Waals surface area contributed by atoms with Crippen molar-refractivity contribution in [1.29, 1.82) is 0 Å². The van der Waals surface area contributed by atoms with Crippen LogP contribution in [-0.4, -0.2) is 11.8 Å². The van der Waals surface area contributed by atoms with Crippen LogP contribution in [0.15, 0.2) is 66.7 Å². The minimum Gasteiger partial charge on any atom is -0.348 e. The maximum Gasteiger partial charge on any atom is 0.255 e. The molecule has 0 aromatic heterocycles. The van der Waals surface area contributed by atoms with Gasteiger partial charge in [-0.05, 0) is 48.9 Å². The average Bonchev–Trinajstić information content (AvgIpc) is 2.70. The normalized spacial score (nSPS) is 10.4. The Hall–Kier alpha value is -3.18. The number of aryl methyl sites for hydroxylation is 1. The molecule has 28 heavy (non-hydrogen) atoms. The fourth-order valence-electron chi connectivity index (χ4n) is 2.57. The summed E-state index contributed by atoms with van der Waals surface area (Å²) in [6.45, 7) is 2.39. The molecule has 0 aliphatic rings. The average molecular weight is 397 g/mol. The third kappa shape index (κ3) is 4.96. The first kappa shape index (κ1) is 19.6. The Labute approximate surface area is 167 Å². The molecule has 0 aliphatic heterocycles. The van der Waals surface area contributed by atoms with Gasteiger partial charge in [0.05, 0.1) is 5.02 Å². The van der Waals surface area contributed by atoms with Gasteiger partial charge in [0.1, 0.15) is 5.82 Å². The van der Waals surface area contributed by atoms with Crippen molar-refractivity contribution < 1.29 is 14.0 Å². The van der Waals surface area contributed by atoms with Gasteiger partial charge >= 0.3 is 0 Å². The second kappa shape index (κ2) is 8.67. The summed E-state index contributed by atoms with van der Waals surface area (Å²) in [6, 6.07) is 18.1. The Morgan fingerprint density at radius 1 is 0.929 bits per heavy atom. The number of halogens is 2. The third-order valence-electron chi connectivity index (χ3n) is 4.14. The van der Waals surface area contributed by atoms with Crippen LogP contribution < -0.4 is 10.6 Å². The molecule has 0 saturated carbocycles. The topological polar surface area (TPSA) is 58.2 Å². The molecular weight excluding hydrogens is 379 g/mol. The van der Waals surface area contributed by atoms with Crippen LogP contribution in [-0.2, 0) is 6.54 Å². The van der Waals surface area contributed by atoms with Crippen LogP contribution in [0.25, 0.3) is 0 Å². The molecule has 0 fully saturated rings. The van der Waals surface area contributed by atoms with Gasteiger partial charge in [-0.25, -0.2) is 4.39 Å². The second-order valence-electron chi connectivity index (χ2n) is 6.33. The molecule has 3 rings (SSSR count). The molecule has 0 saturated heterocycles. The summed E-state index contributed by atoms with van der Waals surface area (Å²) < 4.78 is 13.2. The highest BCUT2D eigenvalue weighted by atomic mass is 35.5. The van der Waals surface area contributed by atoms with Crippen molar-refractivity contribution in [2.75, 3.05) is 5.32 Å². The molecule has 3 aromatic rings. The fraction of sp³-hybridized carbons (Fsp3) is 0.0909. The molecule has 4 nitrogen and oxygen atoms in total. The first-order chi connectivity index (χ1) is 13.4. The van der Waals surface area contributed by atoms with Crippen LogP contribution in [0.3, 0.4) is 0 Å². The largest absolute Gasteiger partial charge is 0.348 e. The number of nitrogens with one attached hydrogen (secondary N) is 2. The number of benzene rings is 3. The molecule has 0 unspecified atom stereocenters. The van der Waals surface area contributed by atoms with Crippen molar-refractivity contribution in [1.82, 2.24) is 5.32 Å². The Balaban J connectivity index is 1.66. The van der Waals surface area contributed by atoms with E-state index in [4.69, 9.17) is 11.6 Å². The van der Waals surface area contributed by atoms with E-state index in [0.29, 0.717) is 23.4 Å². The third-order valence-corrected chi connectivity index (χ3v) is 4.43. The van der Waals surface area contributed by atoms with E-state index in [0.717, 1.165) is 11.1 Å². The molecule has 0 radical (unpaired) electrons. The Bertz CT molecular complexity index is 1020. The van der Waals surface area contributed by atoms with Gasteiger partial charge in [0, 0.05) is 23.4 Å². The van der Waals surface area contributed by atoms with E-state index < -0.39 is 11.7 Å². The Morgan fingerprint density at radius 3 is 2.29 bits per heavy atom. The first-order valence-corrected chi connectivity index (χ1v) is 9.00. The SMILES string of the molecule is Cc1ccc(CNC(=O)c2cccc(C(=O)Nc3ccc(F)c(Cl)c3)c2)cc1. The summed E-state index contributed by atoms with van der Waals surface area (Å²) in [5.74, 6) is -1.26. The number of anilines is 1. The lowest BCUT2D eigenvalue weighted by molar-refractivity contribution is 0.0951. The van der Waals surface area contributed by atoms with Gasteiger partial charge in [0.15, 0.2) is 0 Å². The van der Waals surface area contributed by atoms with Crippen molar-refractivity contribution in [3.8, 4) is 0 Å². The minimum atomic E-state index is -0.563. The molecule has 2 amide bonds. The molecule has 142 valence electrons. The van der Waals surface area contributed by atoms with Gasteiger partial charge in [-0.1, -0.05) is 47.5 Å². The summed E-state index contributed by atoms with van der Waals surface area (Å²) in [5, 5.41) is 5.39. The van der Waals surface area contributed by atoms with E-state index in [-0.39, 0.29) is 10.9 Å². The molecule has 0 heterocycles. The van der Waals surface area contributed by atoms with Crippen LogP contribution in [0.4, 0.5) is 10.1 Å². The van der Waals surface area contributed by atoms with Crippen molar-refractivity contribution in [2.45, 2.75) is 13.5 Å². The lowest BCUT2D eigenvalue weighted by Crippen LogP contribution is -2.23. The standard InChI is InChI=1S/C22H18ClFN2O2/c1-14-5-7-15(8-6-14)13-25-21(27)16-3-2-4-17(11-16)22(28)26-18-9-10-20(24)19(23)12-18/h2-12H,13H2,1H3,(H,25,27)(H,26,28). The number of carbonyl (C=O) groups is 2. The molecule has 3 aromatic carbocycles. The van der Waals surface area contributed by atoms with Crippen LogP contribution in [0, 0.1) is 12.7 Å². The molecule has 0 bridgehead atoms. The monoisotopic (exact) mass is 396 g/mol. The number of hydrogen-bond donors (Lipinski definition) is 2. The quantitative estimate of drug-likeness (QED) is 0.639. The first-order valence-electron chi connectivity index (χ1n) is 8.62. The highest BCUT2D eigenvalue weighted by Crippen LogP contribution is 2.20. The molecule has 0 spiro atoms. The maximum atomic E-state index is 13.2. The van der Waals surface area contributed by atoms with E-state index >= 15 is 0 Å². The second-order valence-corrected chi connectivity index (χ2v) is 6.74. The summed E-state index contributed by atoms with van der Waals surface area (Å²) in [5.41, 5.74) is 3.18. The molecule has 0 atom stereocenters. The van der Waals surface area contributed by atoms with Gasteiger partial charge in [0.2, 0.25) is 0 Å². The van der Waals surface area contributed by atoms with E-state index in [1.54, 1.807) is 18.2 Å². The number of carbonyl (C=O) groups excluding carboxylic acids is 2. The fourth-order valence-corrected chi connectivity index (χ4v) is 2.75. The molecular formula is C22H18ClFN2O2. The minimum absolute atomic E-state index is 0.0814. The van der Waals surface area contributed by atoms with Gasteiger partial charge in [-0.2, -0.15) is 0 Å². The highest BCUT2D eigenvalue weighted by molar-refractivity contribution is 6.31. The van der Waals surface area contributed by atoms with Gasteiger partial charge in [-0.3, -0.25) is 9.59 Å². The smallest absolute Gasteiger partial charge is 0.255 e. The Morgan fingerprint density at radius 2 is 1.61 bits per heavy atom. The van der Waals surface area contributed by atoms with E-state index in [1.165, 1.54) is 24.3 Å². The molecule has 6 heteroatoms. The summed E-state index contributed by atoms with van der Waals surface area (Å²) in [7, 11) is 0. The molecule has 2 N–H and O–H groups in total. The Kier molecular flexibility index (Phi) is 6.06. The van der Waals surface area contributed by atoms with E-state index in [1.807, 2.05) is 31.2 Å². The van der Waals surface area contributed by atoms with Gasteiger partial charge < -0.3 is 10.6 Å². The lowest BCUT2D eigenvalue weighted by atomic mass is 10.1. The van der Waals surface area contributed by atoms with Gasteiger partial charge in [0.25, 0.3) is 11.8 Å². The van der Waals surface area contributed by atoms with E-state index in [2.05, 4.69) is 10.6 Å². The highest BCUT2D eigenvalue weighted by Gasteiger charge is 2.11. The van der Waals surface area contributed by atoms with Crippen LogP contribution >= 0.6 is 11.6 Å². The summed E-state index contributed by atoms with van der Waals surface area (Å²) >= 11 is 5.72. The zero-order chi connectivity index (χ0) is 20.1. The van der Waals surface area contributed by atoms with Crippen LogP contribution in [0.5, 0.6) is 0 Å². The zero-order valence-corrected chi connectivity index (χ0v) is 15.9. The molecule has 0 aliphatic carbocycles. The number of rotatable bonds is 5. The van der Waals surface area contributed by atoms with Crippen LogP contribution in [0.1, 0.15) is 31.8 Å². The summed E-state index contributed by atoms with van der Waals surface area (Å²) in [6.07, 6.45) is 0. The van der Waals surface area contributed by atoms with E-state index in [9.17, 15) is 14.0 Å². The lowest BCUT2D eigenvalue weighted by Gasteiger charge is -2.09. The van der Waals surface area contributed by atoms with Crippen molar-refractivity contribution >= 4 is 29.1 Å². The van der Waals surface area contributed by atoms with Crippen molar-refractivity contribution in [2.24, 2.45) is 0 Å². The van der Waals surface area contributed by atoms with Crippen LogP contribution in [0.2, 0.25) is 5.02 Å².